The quantitative estimate of drug-likeness (QED) is 0.723. The molecule has 0 aliphatic carbocycles. The summed E-state index contributed by atoms with van der Waals surface area (Å²) in [5.41, 5.74) is 1.41. The van der Waals surface area contributed by atoms with E-state index in [0.29, 0.717) is 16.5 Å². The molecule has 1 aromatic carbocycles. The van der Waals surface area contributed by atoms with Gasteiger partial charge in [-0.15, -0.1) is 0 Å². The minimum Gasteiger partial charge on any atom is -0.480 e. The van der Waals surface area contributed by atoms with Gasteiger partial charge in [0.2, 0.25) is 5.91 Å². The van der Waals surface area contributed by atoms with Gasteiger partial charge in [0.1, 0.15) is 11.8 Å². The molecule has 0 spiro atoms. The highest BCUT2D eigenvalue weighted by molar-refractivity contribution is 6.31. The number of carboxylic acid groups (broad SMARTS) is 1. The molecule has 122 valence electrons. The largest absolute Gasteiger partial charge is 0.480 e. The van der Waals surface area contributed by atoms with Gasteiger partial charge < -0.3 is 14.8 Å². The van der Waals surface area contributed by atoms with Gasteiger partial charge in [-0.3, -0.25) is 14.9 Å². The fourth-order valence-corrected chi connectivity index (χ4v) is 2.17. The second kappa shape index (κ2) is 7.80. The summed E-state index contributed by atoms with van der Waals surface area (Å²) in [7, 11) is 0. The Balaban J connectivity index is 1.94. The van der Waals surface area contributed by atoms with Gasteiger partial charge in [-0.1, -0.05) is 17.7 Å². The topological polar surface area (TPSA) is 91.6 Å². The van der Waals surface area contributed by atoms with Crippen LogP contribution in [0.1, 0.15) is 17.7 Å². The predicted octanol–water partition coefficient (Wildman–Crippen LogP) is 2.81. The third kappa shape index (κ3) is 5.12. The van der Waals surface area contributed by atoms with Crippen molar-refractivity contribution in [2.45, 2.75) is 25.9 Å². The van der Waals surface area contributed by atoms with Crippen LogP contribution in [-0.4, -0.2) is 23.0 Å². The minimum absolute atomic E-state index is 0.206. The monoisotopic (exact) mass is 336 g/mol. The summed E-state index contributed by atoms with van der Waals surface area (Å²) in [4.78, 5) is 23.3. The van der Waals surface area contributed by atoms with Crippen molar-refractivity contribution in [2.75, 3.05) is 5.32 Å². The lowest BCUT2D eigenvalue weighted by molar-refractivity contribution is -0.141. The summed E-state index contributed by atoms with van der Waals surface area (Å²) in [5, 5.41) is 15.2. The highest BCUT2D eigenvalue weighted by Gasteiger charge is 2.21. The lowest BCUT2D eigenvalue weighted by Crippen LogP contribution is -2.39. The van der Waals surface area contributed by atoms with Crippen LogP contribution in [0.2, 0.25) is 5.02 Å². The third-order valence-corrected chi connectivity index (χ3v) is 3.50. The standard InChI is InChI=1S/C16H17ClN2O4/c1-10-4-5-11(17)7-13(10)19-15(20)8-14(16(21)22)18-9-12-3-2-6-23-12/h2-7,14,18H,8-9H2,1H3,(H,19,20)(H,21,22)/t14-/m1/s1. The smallest absolute Gasteiger partial charge is 0.321 e. The van der Waals surface area contributed by atoms with Gasteiger partial charge in [0, 0.05) is 10.7 Å². The average Bonchev–Trinajstić information content (AvgIpc) is 3.00. The number of carbonyl (C=O) groups excluding carboxylic acids is 1. The van der Waals surface area contributed by atoms with E-state index in [0.717, 1.165) is 5.56 Å². The number of carboxylic acids is 1. The molecule has 7 heteroatoms. The molecule has 0 unspecified atom stereocenters. The molecule has 1 atom stereocenters. The molecule has 1 amide bonds. The zero-order chi connectivity index (χ0) is 16.8. The maximum absolute atomic E-state index is 12.1. The SMILES string of the molecule is Cc1ccc(Cl)cc1NC(=O)C[C@@H](NCc1ccco1)C(=O)O. The zero-order valence-electron chi connectivity index (χ0n) is 12.5. The Morgan fingerprint density at radius 3 is 2.78 bits per heavy atom. The number of aryl methyl sites for hydroxylation is 1. The van der Waals surface area contributed by atoms with Crippen molar-refractivity contribution in [1.29, 1.82) is 0 Å². The van der Waals surface area contributed by atoms with E-state index in [1.54, 1.807) is 30.3 Å². The predicted molar refractivity (Wildman–Crippen MR) is 86.4 cm³/mol. The zero-order valence-corrected chi connectivity index (χ0v) is 13.3. The molecule has 3 N–H and O–H groups in total. The van der Waals surface area contributed by atoms with E-state index in [1.165, 1.54) is 6.26 Å². The maximum atomic E-state index is 12.1. The van der Waals surface area contributed by atoms with Gasteiger partial charge in [-0.05, 0) is 36.8 Å². The number of rotatable bonds is 7. The van der Waals surface area contributed by atoms with Crippen LogP contribution in [-0.2, 0) is 16.1 Å². The Kier molecular flexibility index (Phi) is 5.78. The molecule has 0 saturated heterocycles. The fraction of sp³-hybridized carbons (Fsp3) is 0.250. The van der Waals surface area contributed by atoms with Gasteiger partial charge in [-0.2, -0.15) is 0 Å². The number of carbonyl (C=O) groups is 2. The molecule has 2 rings (SSSR count). The number of benzene rings is 1. The van der Waals surface area contributed by atoms with Crippen LogP contribution < -0.4 is 10.6 Å². The van der Waals surface area contributed by atoms with Gasteiger partial charge in [-0.25, -0.2) is 0 Å². The van der Waals surface area contributed by atoms with Crippen LogP contribution in [0.5, 0.6) is 0 Å². The molecule has 0 aliphatic rings. The van der Waals surface area contributed by atoms with Crippen molar-refractivity contribution < 1.29 is 19.1 Å². The first-order valence-electron chi connectivity index (χ1n) is 7.00. The van der Waals surface area contributed by atoms with Gasteiger partial charge in [0.05, 0.1) is 19.2 Å². The van der Waals surface area contributed by atoms with Gasteiger partial charge >= 0.3 is 5.97 Å². The number of halogens is 1. The molecule has 1 heterocycles. The maximum Gasteiger partial charge on any atom is 0.321 e. The lowest BCUT2D eigenvalue weighted by Gasteiger charge is -2.14. The Hall–Kier alpha value is -2.31. The van der Waals surface area contributed by atoms with Crippen LogP contribution in [0.25, 0.3) is 0 Å². The highest BCUT2D eigenvalue weighted by atomic mass is 35.5. The molecule has 0 bridgehead atoms. The van der Waals surface area contributed by atoms with Crippen LogP contribution >= 0.6 is 11.6 Å². The molecule has 6 nitrogen and oxygen atoms in total. The summed E-state index contributed by atoms with van der Waals surface area (Å²) in [6.45, 7) is 2.06. The van der Waals surface area contributed by atoms with E-state index >= 15 is 0 Å². The first kappa shape index (κ1) is 17.1. The van der Waals surface area contributed by atoms with Crippen LogP contribution in [0.15, 0.2) is 41.0 Å². The van der Waals surface area contributed by atoms with Gasteiger partial charge in [0.25, 0.3) is 0 Å². The molecule has 23 heavy (non-hydrogen) atoms. The summed E-state index contributed by atoms with van der Waals surface area (Å²) in [6, 6.07) is 7.54. The molecule has 2 aromatic rings. The highest BCUT2D eigenvalue weighted by Crippen LogP contribution is 2.20. The Morgan fingerprint density at radius 1 is 1.35 bits per heavy atom. The van der Waals surface area contributed by atoms with Crippen LogP contribution in [0.4, 0.5) is 5.69 Å². The second-order valence-corrected chi connectivity index (χ2v) is 5.50. The molecule has 1 aromatic heterocycles. The first-order valence-corrected chi connectivity index (χ1v) is 7.38. The average molecular weight is 337 g/mol. The number of hydrogen-bond acceptors (Lipinski definition) is 4. The number of amides is 1. The third-order valence-electron chi connectivity index (χ3n) is 3.26. The van der Waals surface area contributed by atoms with Crippen molar-refractivity contribution in [2.24, 2.45) is 0 Å². The fourth-order valence-electron chi connectivity index (χ4n) is 2.00. The summed E-state index contributed by atoms with van der Waals surface area (Å²) in [6.07, 6.45) is 1.30. The molecular formula is C16H17ClN2O4. The Labute approximate surface area is 138 Å². The number of furan rings is 1. The molecular weight excluding hydrogens is 320 g/mol. The van der Waals surface area contributed by atoms with E-state index in [4.69, 9.17) is 16.0 Å². The number of anilines is 1. The minimum atomic E-state index is -1.10. The van der Waals surface area contributed by atoms with Crippen molar-refractivity contribution in [3.63, 3.8) is 0 Å². The normalized spacial score (nSPS) is 11.9. The van der Waals surface area contributed by atoms with Crippen LogP contribution in [0.3, 0.4) is 0 Å². The summed E-state index contributed by atoms with van der Waals surface area (Å²) >= 11 is 5.90. The first-order chi connectivity index (χ1) is 11.0. The van der Waals surface area contributed by atoms with E-state index in [2.05, 4.69) is 10.6 Å². The molecule has 0 aliphatic heterocycles. The van der Waals surface area contributed by atoms with Crippen molar-refractivity contribution in [3.05, 3.63) is 52.9 Å². The van der Waals surface area contributed by atoms with Gasteiger partial charge in [0.15, 0.2) is 0 Å². The van der Waals surface area contributed by atoms with Crippen molar-refractivity contribution in [1.82, 2.24) is 5.32 Å². The number of aliphatic carboxylic acids is 1. The van der Waals surface area contributed by atoms with E-state index < -0.39 is 17.9 Å². The number of nitrogens with one attached hydrogen (secondary N) is 2. The summed E-state index contributed by atoms with van der Waals surface area (Å²) < 4.78 is 5.12. The summed E-state index contributed by atoms with van der Waals surface area (Å²) in [5.74, 6) is -0.911. The Bertz CT molecular complexity index is 685. The molecule has 0 radical (unpaired) electrons. The van der Waals surface area contributed by atoms with E-state index in [1.807, 2.05) is 6.92 Å². The lowest BCUT2D eigenvalue weighted by atomic mass is 10.1. The Morgan fingerprint density at radius 2 is 2.13 bits per heavy atom. The second-order valence-electron chi connectivity index (χ2n) is 5.06. The van der Waals surface area contributed by atoms with Crippen molar-refractivity contribution in [3.8, 4) is 0 Å². The molecule has 0 fully saturated rings. The number of hydrogen-bond donors (Lipinski definition) is 3. The van der Waals surface area contributed by atoms with E-state index in [9.17, 15) is 14.7 Å². The molecule has 0 saturated carbocycles. The van der Waals surface area contributed by atoms with Crippen LogP contribution in [0, 0.1) is 6.92 Å². The van der Waals surface area contributed by atoms with E-state index in [-0.39, 0.29) is 13.0 Å². The van der Waals surface area contributed by atoms with Crippen molar-refractivity contribution >= 4 is 29.2 Å².